The van der Waals surface area contributed by atoms with Crippen molar-refractivity contribution in [3.63, 3.8) is 0 Å². The average Bonchev–Trinajstić information content (AvgIpc) is 2.55. The first-order valence-corrected chi connectivity index (χ1v) is 7.20. The molecule has 5 nitrogen and oxygen atoms in total. The molecule has 1 heterocycles. The molecule has 0 saturated carbocycles. The van der Waals surface area contributed by atoms with Crippen LogP contribution in [-0.2, 0) is 0 Å². The molecular weight excluding hydrogens is 298 g/mol. The highest BCUT2D eigenvalue weighted by molar-refractivity contribution is 7.99. The minimum absolute atomic E-state index is 0.0666. The quantitative estimate of drug-likeness (QED) is 0.536. The summed E-state index contributed by atoms with van der Waals surface area (Å²) in [7, 11) is 0. The maximum atomic E-state index is 10.9. The lowest BCUT2D eigenvalue weighted by molar-refractivity contribution is -0.385. The maximum Gasteiger partial charge on any atom is 0.287 e. The topological polar surface area (TPSA) is 79.8 Å². The molecule has 0 N–H and O–H groups in total. The highest BCUT2D eigenvalue weighted by atomic mass is 32.2. The lowest BCUT2D eigenvalue weighted by Crippen LogP contribution is -1.92. The van der Waals surface area contributed by atoms with Crippen LogP contribution in [0.1, 0.15) is 5.56 Å². The van der Waals surface area contributed by atoms with Gasteiger partial charge in [0, 0.05) is 33.6 Å². The minimum Gasteiger partial charge on any atom is -0.264 e. The molecular formula is C16H9N3O2S. The summed E-state index contributed by atoms with van der Waals surface area (Å²) in [6.45, 7) is 0. The van der Waals surface area contributed by atoms with Gasteiger partial charge in [0.1, 0.15) is 11.6 Å². The Bertz CT molecular complexity index is 913. The normalized spacial score (nSPS) is 10.3. The Morgan fingerprint density at radius 3 is 2.86 bits per heavy atom. The van der Waals surface area contributed by atoms with Crippen LogP contribution in [0.3, 0.4) is 0 Å². The van der Waals surface area contributed by atoms with Gasteiger partial charge in [-0.2, -0.15) is 5.26 Å². The number of rotatable bonds is 3. The number of aromatic nitrogens is 1. The van der Waals surface area contributed by atoms with Crippen molar-refractivity contribution in [3.8, 4) is 6.07 Å². The van der Waals surface area contributed by atoms with E-state index in [1.165, 1.54) is 17.8 Å². The Balaban J connectivity index is 2.03. The molecule has 0 fully saturated rings. The summed E-state index contributed by atoms with van der Waals surface area (Å²) in [4.78, 5) is 16.2. The van der Waals surface area contributed by atoms with E-state index in [0.717, 1.165) is 20.6 Å². The molecule has 6 heteroatoms. The molecule has 3 aromatic rings. The van der Waals surface area contributed by atoms with E-state index in [1.807, 2.05) is 30.3 Å². The fourth-order valence-corrected chi connectivity index (χ4v) is 3.15. The van der Waals surface area contributed by atoms with E-state index < -0.39 is 4.92 Å². The van der Waals surface area contributed by atoms with E-state index in [-0.39, 0.29) is 11.3 Å². The summed E-state index contributed by atoms with van der Waals surface area (Å²) in [5, 5.41) is 22.0. The monoisotopic (exact) mass is 307 g/mol. The molecule has 0 amide bonds. The fraction of sp³-hybridized carbons (Fsp3) is 0. The Labute approximate surface area is 130 Å². The molecule has 0 unspecified atom stereocenters. The third kappa shape index (κ3) is 2.62. The number of hydrogen-bond acceptors (Lipinski definition) is 5. The molecule has 0 aliphatic heterocycles. The average molecular weight is 307 g/mol. The first-order valence-electron chi connectivity index (χ1n) is 6.38. The van der Waals surface area contributed by atoms with Crippen LogP contribution in [0, 0.1) is 21.4 Å². The molecule has 2 aromatic carbocycles. The summed E-state index contributed by atoms with van der Waals surface area (Å²) < 4.78 is 0. The Morgan fingerprint density at radius 1 is 1.23 bits per heavy atom. The Kier molecular flexibility index (Phi) is 3.73. The molecule has 0 aliphatic rings. The first kappa shape index (κ1) is 14.0. The highest BCUT2D eigenvalue weighted by Crippen LogP contribution is 2.35. The Hall–Kier alpha value is -2.91. The molecule has 3 rings (SSSR count). The van der Waals surface area contributed by atoms with Gasteiger partial charge >= 0.3 is 0 Å². The molecule has 0 saturated heterocycles. The van der Waals surface area contributed by atoms with Gasteiger partial charge in [-0.1, -0.05) is 23.9 Å². The number of nitro groups is 1. The lowest BCUT2D eigenvalue weighted by atomic mass is 10.2. The van der Waals surface area contributed by atoms with Crippen LogP contribution in [-0.4, -0.2) is 9.91 Å². The van der Waals surface area contributed by atoms with Crippen LogP contribution in [0.2, 0.25) is 0 Å². The summed E-state index contributed by atoms with van der Waals surface area (Å²) in [5.41, 5.74) is -0.106. The maximum absolute atomic E-state index is 10.9. The second kappa shape index (κ2) is 5.84. The van der Waals surface area contributed by atoms with Gasteiger partial charge in [-0.25, -0.2) is 0 Å². The third-order valence-corrected chi connectivity index (χ3v) is 4.22. The molecule has 0 radical (unpaired) electrons. The molecule has 1 aromatic heterocycles. The van der Waals surface area contributed by atoms with Gasteiger partial charge in [-0.05, 0) is 29.7 Å². The van der Waals surface area contributed by atoms with Crippen molar-refractivity contribution in [2.45, 2.75) is 9.79 Å². The van der Waals surface area contributed by atoms with Gasteiger partial charge in [-0.3, -0.25) is 15.1 Å². The van der Waals surface area contributed by atoms with Crippen LogP contribution >= 0.6 is 11.8 Å². The standard InChI is InChI=1S/C16H9N3O2S/c17-9-12-8-13(4-5-15(12)19(20)21)22-16-3-1-2-11-10-18-7-6-14(11)16/h1-8,10H. The highest BCUT2D eigenvalue weighted by Gasteiger charge is 2.14. The molecule has 106 valence electrons. The summed E-state index contributed by atoms with van der Waals surface area (Å²) >= 11 is 1.47. The van der Waals surface area contributed by atoms with Gasteiger partial charge in [0.05, 0.1) is 4.92 Å². The summed E-state index contributed by atoms with van der Waals surface area (Å²) in [6, 6.07) is 14.3. The van der Waals surface area contributed by atoms with E-state index in [2.05, 4.69) is 4.98 Å². The van der Waals surface area contributed by atoms with Crippen LogP contribution in [0.25, 0.3) is 10.8 Å². The van der Waals surface area contributed by atoms with Crippen molar-refractivity contribution in [2.75, 3.05) is 0 Å². The predicted octanol–water partition coefficient (Wildman–Crippen LogP) is 4.17. The second-order valence-electron chi connectivity index (χ2n) is 4.50. The molecule has 0 bridgehead atoms. The van der Waals surface area contributed by atoms with Crippen molar-refractivity contribution in [1.82, 2.24) is 4.98 Å². The molecule has 0 spiro atoms. The SMILES string of the molecule is N#Cc1cc(Sc2cccc3cnccc23)ccc1[N+](=O)[O-]. The first-order chi connectivity index (χ1) is 10.7. The zero-order chi connectivity index (χ0) is 15.5. The van der Waals surface area contributed by atoms with E-state index in [9.17, 15) is 10.1 Å². The van der Waals surface area contributed by atoms with Gasteiger partial charge in [0.15, 0.2) is 0 Å². The van der Waals surface area contributed by atoms with Crippen molar-refractivity contribution in [1.29, 1.82) is 5.26 Å². The van der Waals surface area contributed by atoms with Gasteiger partial charge in [-0.15, -0.1) is 0 Å². The van der Waals surface area contributed by atoms with Crippen LogP contribution in [0.15, 0.2) is 64.6 Å². The van der Waals surface area contributed by atoms with Crippen molar-refractivity contribution >= 4 is 28.2 Å². The van der Waals surface area contributed by atoms with Gasteiger partial charge in [0.2, 0.25) is 0 Å². The number of pyridine rings is 1. The lowest BCUT2D eigenvalue weighted by Gasteiger charge is -2.06. The number of nitrogens with zero attached hydrogens (tertiary/aromatic N) is 3. The van der Waals surface area contributed by atoms with Crippen molar-refractivity contribution in [3.05, 3.63) is 70.5 Å². The van der Waals surface area contributed by atoms with Crippen molar-refractivity contribution < 1.29 is 4.92 Å². The van der Waals surface area contributed by atoms with Gasteiger partial charge < -0.3 is 0 Å². The van der Waals surface area contributed by atoms with Crippen LogP contribution in [0.4, 0.5) is 5.69 Å². The second-order valence-corrected chi connectivity index (χ2v) is 5.62. The Morgan fingerprint density at radius 2 is 2.09 bits per heavy atom. The van der Waals surface area contributed by atoms with E-state index >= 15 is 0 Å². The summed E-state index contributed by atoms with van der Waals surface area (Å²) in [5.74, 6) is 0. The molecule has 0 aliphatic carbocycles. The van der Waals surface area contributed by atoms with Crippen LogP contribution in [0.5, 0.6) is 0 Å². The van der Waals surface area contributed by atoms with E-state index in [0.29, 0.717) is 0 Å². The summed E-state index contributed by atoms with van der Waals surface area (Å²) in [6.07, 6.45) is 3.51. The molecule has 0 atom stereocenters. The van der Waals surface area contributed by atoms with Gasteiger partial charge in [0.25, 0.3) is 5.69 Å². The smallest absolute Gasteiger partial charge is 0.264 e. The van der Waals surface area contributed by atoms with E-state index in [1.54, 1.807) is 24.5 Å². The largest absolute Gasteiger partial charge is 0.287 e. The molecule has 22 heavy (non-hydrogen) atoms. The zero-order valence-electron chi connectivity index (χ0n) is 11.3. The number of hydrogen-bond donors (Lipinski definition) is 0. The number of nitriles is 1. The van der Waals surface area contributed by atoms with Crippen LogP contribution < -0.4 is 0 Å². The number of benzene rings is 2. The van der Waals surface area contributed by atoms with Crippen molar-refractivity contribution in [2.24, 2.45) is 0 Å². The predicted molar refractivity (Wildman–Crippen MR) is 83.7 cm³/mol. The van der Waals surface area contributed by atoms with E-state index in [4.69, 9.17) is 5.26 Å². The zero-order valence-corrected chi connectivity index (χ0v) is 12.1. The number of nitro benzene ring substituents is 1. The third-order valence-electron chi connectivity index (χ3n) is 3.15. The minimum atomic E-state index is -0.545. The number of fused-ring (bicyclic) bond motifs is 1. The fourth-order valence-electron chi connectivity index (χ4n) is 2.14.